The molecule has 0 bridgehead atoms. The predicted molar refractivity (Wildman–Crippen MR) is 133 cm³/mol. The maximum Gasteiger partial charge on any atom is 0.349 e. The van der Waals surface area contributed by atoms with Gasteiger partial charge in [-0.2, -0.15) is 0 Å². The molecule has 0 radical (unpaired) electrons. The van der Waals surface area contributed by atoms with E-state index in [1.165, 1.54) is 12.1 Å². The van der Waals surface area contributed by atoms with Crippen molar-refractivity contribution in [1.29, 1.82) is 0 Å². The Morgan fingerprint density at radius 2 is 1.61 bits per heavy atom. The molecule has 4 aromatic rings. The Labute approximate surface area is 207 Å². The van der Waals surface area contributed by atoms with Gasteiger partial charge in [0, 0.05) is 24.4 Å². The molecule has 1 aromatic heterocycles. The summed E-state index contributed by atoms with van der Waals surface area (Å²) in [6.07, 6.45) is 0.619. The summed E-state index contributed by atoms with van der Waals surface area (Å²) in [5, 5.41) is 3.25. The van der Waals surface area contributed by atoms with E-state index in [4.69, 9.17) is 18.6 Å². The molecule has 0 saturated heterocycles. The van der Waals surface area contributed by atoms with Crippen LogP contribution >= 0.6 is 0 Å². The molecule has 1 amide bonds. The summed E-state index contributed by atoms with van der Waals surface area (Å²) in [7, 11) is 1.59. The average Bonchev–Trinajstić information content (AvgIpc) is 2.90. The number of fused-ring (bicyclic) bond motifs is 1. The summed E-state index contributed by atoms with van der Waals surface area (Å²) in [6.45, 7) is 0.639. The predicted octanol–water partition coefficient (Wildman–Crippen LogP) is 4.50. The standard InChI is InChI=1S/C28H25NO7/c1-33-21-11-13-22(14-12-21)34-15-5-8-26(30)35-23-10-9-20-16-24(28(32)36-25(20)17-23)27(31)29-18-19-6-3-2-4-7-19/h2-4,6-7,9-14,16-17H,5,8,15,18H2,1H3,(H,29,31). The van der Waals surface area contributed by atoms with E-state index < -0.39 is 17.5 Å². The molecule has 8 heteroatoms. The maximum atomic E-state index is 12.5. The molecule has 1 heterocycles. The van der Waals surface area contributed by atoms with Crippen LogP contribution in [0.1, 0.15) is 28.8 Å². The van der Waals surface area contributed by atoms with Crippen LogP contribution in [0.2, 0.25) is 0 Å². The first-order chi connectivity index (χ1) is 17.5. The largest absolute Gasteiger partial charge is 0.497 e. The number of ether oxygens (including phenoxy) is 3. The Morgan fingerprint density at radius 3 is 2.36 bits per heavy atom. The van der Waals surface area contributed by atoms with Crippen molar-refractivity contribution < 1.29 is 28.2 Å². The van der Waals surface area contributed by atoms with E-state index in [2.05, 4.69) is 5.32 Å². The van der Waals surface area contributed by atoms with Crippen LogP contribution in [0.3, 0.4) is 0 Å². The van der Waals surface area contributed by atoms with Crippen molar-refractivity contribution in [3.05, 3.63) is 100 Å². The molecule has 184 valence electrons. The first-order valence-corrected chi connectivity index (χ1v) is 11.4. The highest BCUT2D eigenvalue weighted by Crippen LogP contribution is 2.21. The third-order valence-corrected chi connectivity index (χ3v) is 5.33. The van der Waals surface area contributed by atoms with Crippen LogP contribution in [0, 0.1) is 0 Å². The van der Waals surface area contributed by atoms with Gasteiger partial charge in [-0.1, -0.05) is 30.3 Å². The summed E-state index contributed by atoms with van der Waals surface area (Å²) in [6, 6.07) is 22.7. The van der Waals surface area contributed by atoms with Gasteiger partial charge < -0.3 is 23.9 Å². The van der Waals surface area contributed by atoms with E-state index in [9.17, 15) is 14.4 Å². The van der Waals surface area contributed by atoms with E-state index in [0.29, 0.717) is 24.2 Å². The molecule has 0 aliphatic carbocycles. The first kappa shape index (κ1) is 24.5. The molecule has 0 atom stereocenters. The molecule has 0 unspecified atom stereocenters. The highest BCUT2D eigenvalue weighted by Gasteiger charge is 2.15. The summed E-state index contributed by atoms with van der Waals surface area (Å²) in [5.41, 5.74) is 0.259. The van der Waals surface area contributed by atoms with Crippen LogP contribution in [0.4, 0.5) is 0 Å². The van der Waals surface area contributed by atoms with Gasteiger partial charge in [-0.3, -0.25) is 9.59 Å². The number of hydrogen-bond donors (Lipinski definition) is 1. The van der Waals surface area contributed by atoms with Gasteiger partial charge in [0.05, 0.1) is 13.7 Å². The second-order valence-electron chi connectivity index (χ2n) is 7.92. The summed E-state index contributed by atoms with van der Waals surface area (Å²) in [5.74, 6) is 0.698. The molecule has 8 nitrogen and oxygen atoms in total. The fourth-order valence-electron chi connectivity index (χ4n) is 3.45. The summed E-state index contributed by atoms with van der Waals surface area (Å²) in [4.78, 5) is 37.1. The van der Waals surface area contributed by atoms with Crippen molar-refractivity contribution in [1.82, 2.24) is 5.32 Å². The Kier molecular flexibility index (Phi) is 7.97. The van der Waals surface area contributed by atoms with Crippen molar-refractivity contribution >= 4 is 22.8 Å². The number of carbonyl (C=O) groups is 2. The van der Waals surface area contributed by atoms with Gasteiger partial charge in [0.15, 0.2) is 0 Å². The Morgan fingerprint density at radius 1 is 0.889 bits per heavy atom. The SMILES string of the molecule is COc1ccc(OCCCC(=O)Oc2ccc3cc(C(=O)NCc4ccccc4)c(=O)oc3c2)cc1. The van der Waals surface area contributed by atoms with E-state index >= 15 is 0 Å². The molecule has 0 saturated carbocycles. The molecule has 0 spiro atoms. The van der Waals surface area contributed by atoms with Crippen molar-refractivity contribution in [3.63, 3.8) is 0 Å². The lowest BCUT2D eigenvalue weighted by Gasteiger charge is -2.08. The molecule has 4 rings (SSSR count). The van der Waals surface area contributed by atoms with Crippen LogP contribution in [0.25, 0.3) is 11.0 Å². The van der Waals surface area contributed by atoms with Gasteiger partial charge in [-0.25, -0.2) is 4.79 Å². The molecule has 3 aromatic carbocycles. The van der Waals surface area contributed by atoms with Gasteiger partial charge in [-0.05, 0) is 54.4 Å². The number of nitrogens with one attached hydrogen (secondary N) is 1. The highest BCUT2D eigenvalue weighted by atomic mass is 16.5. The van der Waals surface area contributed by atoms with Crippen LogP contribution in [0.5, 0.6) is 17.2 Å². The van der Waals surface area contributed by atoms with Crippen LogP contribution in [0.15, 0.2) is 88.1 Å². The van der Waals surface area contributed by atoms with Gasteiger partial charge in [0.25, 0.3) is 5.91 Å². The number of methoxy groups -OCH3 is 1. The molecule has 1 N–H and O–H groups in total. The van der Waals surface area contributed by atoms with Crippen LogP contribution in [-0.2, 0) is 11.3 Å². The Bertz CT molecular complexity index is 1400. The summed E-state index contributed by atoms with van der Waals surface area (Å²) >= 11 is 0. The maximum absolute atomic E-state index is 12.5. The number of esters is 1. The lowest BCUT2D eigenvalue weighted by Crippen LogP contribution is -2.27. The lowest BCUT2D eigenvalue weighted by atomic mass is 10.1. The molecule has 0 aliphatic heterocycles. The quantitative estimate of drug-likeness (QED) is 0.152. The topological polar surface area (TPSA) is 104 Å². The monoisotopic (exact) mass is 487 g/mol. The van der Waals surface area contributed by atoms with Gasteiger partial charge >= 0.3 is 11.6 Å². The van der Waals surface area contributed by atoms with E-state index in [0.717, 1.165) is 11.3 Å². The minimum atomic E-state index is -0.771. The zero-order valence-electron chi connectivity index (χ0n) is 19.7. The normalized spacial score (nSPS) is 10.6. The number of carbonyl (C=O) groups excluding carboxylic acids is 2. The van der Waals surface area contributed by atoms with E-state index in [-0.39, 0.29) is 29.9 Å². The number of benzene rings is 3. The molecule has 0 fully saturated rings. The van der Waals surface area contributed by atoms with Crippen LogP contribution in [-0.4, -0.2) is 25.6 Å². The zero-order valence-corrected chi connectivity index (χ0v) is 19.7. The minimum Gasteiger partial charge on any atom is -0.497 e. The molecule has 36 heavy (non-hydrogen) atoms. The van der Waals surface area contributed by atoms with Crippen molar-refractivity contribution in [2.45, 2.75) is 19.4 Å². The third-order valence-electron chi connectivity index (χ3n) is 5.33. The average molecular weight is 488 g/mol. The Hall–Kier alpha value is -4.59. The van der Waals surface area contributed by atoms with Crippen LogP contribution < -0.4 is 25.2 Å². The number of rotatable bonds is 10. The van der Waals surface area contributed by atoms with Gasteiger partial charge in [0.2, 0.25) is 0 Å². The molecular formula is C28H25NO7. The molecule has 0 aliphatic rings. The van der Waals surface area contributed by atoms with Crippen molar-refractivity contribution in [2.75, 3.05) is 13.7 Å². The van der Waals surface area contributed by atoms with Crippen molar-refractivity contribution in [2.24, 2.45) is 0 Å². The number of amides is 1. The van der Waals surface area contributed by atoms with Gasteiger partial charge in [0.1, 0.15) is 28.4 Å². The second-order valence-corrected chi connectivity index (χ2v) is 7.92. The minimum absolute atomic E-state index is 0.0972. The van der Waals surface area contributed by atoms with E-state index in [1.807, 2.05) is 30.3 Å². The first-order valence-electron chi connectivity index (χ1n) is 11.4. The van der Waals surface area contributed by atoms with Gasteiger partial charge in [-0.15, -0.1) is 0 Å². The molecular weight excluding hydrogens is 462 g/mol. The highest BCUT2D eigenvalue weighted by molar-refractivity contribution is 5.96. The smallest absolute Gasteiger partial charge is 0.349 e. The van der Waals surface area contributed by atoms with Crippen molar-refractivity contribution in [3.8, 4) is 17.2 Å². The van der Waals surface area contributed by atoms with E-state index in [1.54, 1.807) is 43.5 Å². The lowest BCUT2D eigenvalue weighted by molar-refractivity contribution is -0.134. The third kappa shape index (κ3) is 6.50. The Balaban J connectivity index is 1.30. The zero-order chi connectivity index (χ0) is 25.3. The fourth-order valence-corrected chi connectivity index (χ4v) is 3.45. The number of hydrogen-bond acceptors (Lipinski definition) is 7. The fraction of sp³-hybridized carbons (Fsp3) is 0.179. The summed E-state index contributed by atoms with van der Waals surface area (Å²) < 4.78 is 21.4. The second kappa shape index (κ2) is 11.7.